The van der Waals surface area contributed by atoms with Crippen LogP contribution in [0.2, 0.25) is 6.82 Å². The highest BCUT2D eigenvalue weighted by molar-refractivity contribution is 6.67. The molecule has 120 valence electrons. The number of benzene rings is 2. The smallest absolute Gasteiger partial charge is 0.341 e. The molecule has 7 heteroatoms. The molecule has 0 fully saturated rings. The van der Waals surface area contributed by atoms with Crippen molar-refractivity contribution in [1.82, 2.24) is 0 Å². The van der Waals surface area contributed by atoms with Gasteiger partial charge in [0.1, 0.15) is 5.75 Å². The molecule has 0 radical (unpaired) electrons. The number of hydrogen-bond donors (Lipinski definition) is 1. The maximum Gasteiger partial charge on any atom is 0.341 e. The van der Waals surface area contributed by atoms with Crippen LogP contribution >= 0.6 is 0 Å². The number of carboxylic acids is 1. The first kappa shape index (κ1) is 15.9. The average molecular weight is 323 g/mol. The molecule has 0 bridgehead atoms. The first-order valence-electron chi connectivity index (χ1n) is 7.35. The third kappa shape index (κ3) is 3.34. The van der Waals surface area contributed by atoms with Crippen molar-refractivity contribution in [2.75, 3.05) is 6.61 Å². The Morgan fingerprint density at radius 2 is 2.17 bits per heavy atom. The predicted octanol–water partition coefficient (Wildman–Crippen LogP) is 2.85. The number of fused-ring (bicyclic) bond motifs is 1. The van der Waals surface area contributed by atoms with Crippen molar-refractivity contribution in [3.63, 3.8) is 0 Å². The fraction of sp³-hybridized carbons (Fsp3) is 0.176. The minimum atomic E-state index is -1.10. The number of carbonyl (C=O) groups is 1. The number of carboxylic acid groups (broad SMARTS) is 1. The molecule has 1 aliphatic heterocycles. The van der Waals surface area contributed by atoms with Gasteiger partial charge in [-0.15, -0.1) is 0 Å². The summed E-state index contributed by atoms with van der Waals surface area (Å²) in [5.41, 5.74) is 2.54. The van der Waals surface area contributed by atoms with E-state index >= 15 is 0 Å². The number of ether oxygens (including phenoxy) is 2. The zero-order valence-electron chi connectivity index (χ0n) is 13.0. The van der Waals surface area contributed by atoms with E-state index in [0.29, 0.717) is 23.8 Å². The van der Waals surface area contributed by atoms with Gasteiger partial charge in [-0.05, 0) is 35.3 Å². The summed E-state index contributed by atoms with van der Waals surface area (Å²) in [6, 6.07) is 10.3. The summed E-state index contributed by atoms with van der Waals surface area (Å²) in [5.74, 6) is 0.0756. The minimum Gasteiger partial charge on any atom is -0.479 e. The van der Waals surface area contributed by atoms with E-state index < -0.39 is 12.6 Å². The van der Waals surface area contributed by atoms with Crippen LogP contribution in [0.25, 0.3) is 4.85 Å². The fourth-order valence-electron chi connectivity index (χ4n) is 2.50. The molecule has 0 unspecified atom stereocenters. The lowest BCUT2D eigenvalue weighted by Gasteiger charge is -2.13. The normalized spacial score (nSPS) is 12.4. The molecule has 0 spiro atoms. The molecule has 1 aliphatic rings. The maximum absolute atomic E-state index is 10.7. The van der Waals surface area contributed by atoms with Crippen LogP contribution in [0, 0.1) is 6.57 Å². The van der Waals surface area contributed by atoms with Crippen LogP contribution in [-0.4, -0.2) is 24.6 Å². The van der Waals surface area contributed by atoms with E-state index in [4.69, 9.17) is 25.8 Å². The molecule has 0 amide bonds. The van der Waals surface area contributed by atoms with Crippen molar-refractivity contribution in [3.05, 3.63) is 53.4 Å². The molecule has 0 aliphatic carbocycles. The minimum absolute atomic E-state index is 0.0708. The summed E-state index contributed by atoms with van der Waals surface area (Å²) in [6.07, 6.45) is 0. The van der Waals surface area contributed by atoms with E-state index in [1.807, 2.05) is 25.0 Å². The Morgan fingerprint density at radius 1 is 1.33 bits per heavy atom. The van der Waals surface area contributed by atoms with Crippen molar-refractivity contribution >= 4 is 24.0 Å². The number of aliphatic carboxylic acids is 1. The molecule has 2 aromatic carbocycles. The highest BCUT2D eigenvalue weighted by Crippen LogP contribution is 2.35. The molecular formula is C17H14BNO5. The van der Waals surface area contributed by atoms with Gasteiger partial charge < -0.3 is 19.2 Å². The summed E-state index contributed by atoms with van der Waals surface area (Å²) in [4.78, 5) is 14.0. The molecule has 24 heavy (non-hydrogen) atoms. The Balaban J connectivity index is 1.86. The van der Waals surface area contributed by atoms with Crippen molar-refractivity contribution < 1.29 is 24.0 Å². The monoisotopic (exact) mass is 323 g/mol. The van der Waals surface area contributed by atoms with Gasteiger partial charge in [-0.25, -0.2) is 9.64 Å². The third-order valence-corrected chi connectivity index (χ3v) is 3.68. The Morgan fingerprint density at radius 3 is 2.92 bits per heavy atom. The van der Waals surface area contributed by atoms with E-state index in [9.17, 15) is 4.79 Å². The summed E-state index contributed by atoms with van der Waals surface area (Å²) < 4.78 is 16.6. The van der Waals surface area contributed by atoms with Gasteiger partial charge in [0.15, 0.2) is 23.8 Å². The SMILES string of the molecule is [C-]#[N+]c1ccc(Oc2ccc3c(c2)COB3C)c(OCC(=O)O)c1. The van der Waals surface area contributed by atoms with E-state index in [1.165, 1.54) is 6.07 Å². The molecule has 3 rings (SSSR count). The number of hydrogen-bond acceptors (Lipinski definition) is 4. The first-order chi connectivity index (χ1) is 11.6. The Labute approximate surface area is 139 Å². The van der Waals surface area contributed by atoms with E-state index in [2.05, 4.69) is 4.85 Å². The zero-order valence-corrected chi connectivity index (χ0v) is 13.0. The van der Waals surface area contributed by atoms with Crippen LogP contribution in [0.3, 0.4) is 0 Å². The van der Waals surface area contributed by atoms with Gasteiger partial charge in [-0.2, -0.15) is 0 Å². The van der Waals surface area contributed by atoms with Gasteiger partial charge >= 0.3 is 12.9 Å². The van der Waals surface area contributed by atoms with Crippen molar-refractivity contribution in [1.29, 1.82) is 0 Å². The van der Waals surface area contributed by atoms with Crippen LogP contribution in [0.5, 0.6) is 17.2 Å². The second-order valence-electron chi connectivity index (χ2n) is 5.34. The first-order valence-corrected chi connectivity index (χ1v) is 7.35. The highest BCUT2D eigenvalue weighted by Gasteiger charge is 2.23. The van der Waals surface area contributed by atoms with Crippen molar-refractivity contribution in [3.8, 4) is 17.2 Å². The topological polar surface area (TPSA) is 69.3 Å². The molecule has 0 aromatic heterocycles. The molecule has 0 saturated carbocycles. The molecule has 1 N–H and O–H groups in total. The predicted molar refractivity (Wildman–Crippen MR) is 88.4 cm³/mol. The van der Waals surface area contributed by atoms with Crippen LogP contribution < -0.4 is 14.9 Å². The van der Waals surface area contributed by atoms with Gasteiger partial charge in [0.05, 0.1) is 13.2 Å². The summed E-state index contributed by atoms with van der Waals surface area (Å²) in [7, 11) is 0. The lowest BCUT2D eigenvalue weighted by Crippen LogP contribution is -2.23. The van der Waals surface area contributed by atoms with E-state index in [-0.39, 0.29) is 12.7 Å². The molecule has 0 saturated heterocycles. The van der Waals surface area contributed by atoms with Gasteiger partial charge in [-0.1, -0.05) is 19.0 Å². The lowest BCUT2D eigenvalue weighted by atomic mass is 9.64. The van der Waals surface area contributed by atoms with Crippen LogP contribution in [0.4, 0.5) is 5.69 Å². The molecule has 1 heterocycles. The fourth-order valence-corrected chi connectivity index (χ4v) is 2.50. The number of nitrogens with zero attached hydrogens (tertiary/aromatic N) is 1. The number of rotatable bonds is 5. The van der Waals surface area contributed by atoms with E-state index in [0.717, 1.165) is 11.0 Å². The summed E-state index contributed by atoms with van der Waals surface area (Å²) in [6.45, 7) is 9.14. The lowest BCUT2D eigenvalue weighted by molar-refractivity contribution is -0.139. The Bertz CT molecular complexity index is 830. The molecule has 6 nitrogen and oxygen atoms in total. The largest absolute Gasteiger partial charge is 0.479 e. The van der Waals surface area contributed by atoms with Gasteiger partial charge in [0.25, 0.3) is 0 Å². The van der Waals surface area contributed by atoms with Gasteiger partial charge in [0, 0.05) is 0 Å². The van der Waals surface area contributed by atoms with Crippen molar-refractivity contribution in [2.24, 2.45) is 0 Å². The zero-order chi connectivity index (χ0) is 17.1. The Kier molecular flexibility index (Phi) is 4.40. The Hall–Kier alpha value is -2.98. The average Bonchev–Trinajstić information content (AvgIpc) is 2.94. The quantitative estimate of drug-likeness (QED) is 0.677. The van der Waals surface area contributed by atoms with Crippen molar-refractivity contribution in [2.45, 2.75) is 13.4 Å². The third-order valence-electron chi connectivity index (χ3n) is 3.68. The molecule has 2 aromatic rings. The summed E-state index contributed by atoms with van der Waals surface area (Å²) >= 11 is 0. The second-order valence-corrected chi connectivity index (χ2v) is 5.34. The second kappa shape index (κ2) is 6.65. The molecule has 0 atom stereocenters. The van der Waals surface area contributed by atoms with Crippen LogP contribution in [0.1, 0.15) is 5.56 Å². The van der Waals surface area contributed by atoms with Crippen LogP contribution in [-0.2, 0) is 16.1 Å². The van der Waals surface area contributed by atoms with Gasteiger partial charge in [0.2, 0.25) is 0 Å². The van der Waals surface area contributed by atoms with Gasteiger partial charge in [-0.3, -0.25) is 0 Å². The molecular weight excluding hydrogens is 309 g/mol. The summed E-state index contributed by atoms with van der Waals surface area (Å²) in [5, 5.41) is 8.77. The highest BCUT2D eigenvalue weighted by atomic mass is 16.5. The van der Waals surface area contributed by atoms with E-state index in [1.54, 1.807) is 12.1 Å². The standard InChI is InChI=1S/C17H14BNO5/c1-18-14-5-4-13(7-11(14)9-23-18)24-15-6-3-12(19-2)8-16(15)22-10-17(20)21/h3-8H,9-10H2,1H3,(H,20,21). The van der Waals surface area contributed by atoms with Crippen LogP contribution in [0.15, 0.2) is 36.4 Å². The maximum atomic E-state index is 10.7.